The number of carbonyl (C=O) groups is 2. The highest BCUT2D eigenvalue weighted by Gasteiger charge is 2.29. The summed E-state index contributed by atoms with van der Waals surface area (Å²) < 4.78 is 5.46. The summed E-state index contributed by atoms with van der Waals surface area (Å²) in [6, 6.07) is -0.432. The molecule has 0 saturated carbocycles. The fourth-order valence-electron chi connectivity index (χ4n) is 1.94. The molecule has 0 bridgehead atoms. The molecule has 114 valence electrons. The molecule has 0 radical (unpaired) electrons. The normalized spacial score (nSPS) is 19.1. The fourth-order valence-corrected chi connectivity index (χ4v) is 1.94. The minimum absolute atomic E-state index is 0.0193. The molecule has 0 aromatic heterocycles. The zero-order chi connectivity index (χ0) is 15.3. The standard InChI is InChI=1S/C15H26N2O3/c1-6-10(2)13(14(19)20-15(3,4)5)17-11-7-12(18)9-16-8-11/h7,10,13,16-17H,6,8-9H2,1-5H3. The van der Waals surface area contributed by atoms with E-state index in [4.69, 9.17) is 4.74 Å². The van der Waals surface area contributed by atoms with Crippen LogP contribution in [0.4, 0.5) is 0 Å². The first-order valence-corrected chi connectivity index (χ1v) is 7.16. The van der Waals surface area contributed by atoms with Gasteiger partial charge in [0.15, 0.2) is 5.78 Å². The largest absolute Gasteiger partial charge is 0.458 e. The highest BCUT2D eigenvalue weighted by molar-refractivity contribution is 5.93. The van der Waals surface area contributed by atoms with Crippen molar-refractivity contribution in [2.45, 2.75) is 52.7 Å². The average molecular weight is 282 g/mol. The van der Waals surface area contributed by atoms with Gasteiger partial charge in [0, 0.05) is 18.3 Å². The summed E-state index contributed by atoms with van der Waals surface area (Å²) >= 11 is 0. The number of esters is 1. The van der Waals surface area contributed by atoms with Crippen LogP contribution in [0.1, 0.15) is 41.0 Å². The Balaban J connectivity index is 2.79. The number of carbonyl (C=O) groups excluding carboxylic acids is 2. The van der Waals surface area contributed by atoms with Gasteiger partial charge in [-0.15, -0.1) is 0 Å². The summed E-state index contributed by atoms with van der Waals surface area (Å²) in [7, 11) is 0. The predicted octanol–water partition coefficient (Wildman–Crippen LogP) is 1.39. The SMILES string of the molecule is CCC(C)C(NC1=CC(=O)CNC1)C(=O)OC(C)(C)C. The maximum atomic E-state index is 12.3. The molecule has 2 N–H and O–H groups in total. The second-order valence-electron chi connectivity index (χ2n) is 6.28. The smallest absolute Gasteiger partial charge is 0.329 e. The zero-order valence-corrected chi connectivity index (χ0v) is 13.1. The lowest BCUT2D eigenvalue weighted by molar-refractivity contribution is -0.158. The van der Waals surface area contributed by atoms with Gasteiger partial charge in [0.2, 0.25) is 0 Å². The summed E-state index contributed by atoms with van der Waals surface area (Å²) in [6.45, 7) is 10.5. The first kappa shape index (κ1) is 16.7. The molecule has 0 aromatic carbocycles. The van der Waals surface area contributed by atoms with Crippen molar-refractivity contribution in [3.05, 3.63) is 11.8 Å². The van der Waals surface area contributed by atoms with Crippen LogP contribution in [0.25, 0.3) is 0 Å². The van der Waals surface area contributed by atoms with Crippen LogP contribution in [0.2, 0.25) is 0 Å². The van der Waals surface area contributed by atoms with E-state index in [1.807, 2.05) is 34.6 Å². The molecule has 0 aliphatic carbocycles. The van der Waals surface area contributed by atoms with E-state index in [-0.39, 0.29) is 17.7 Å². The first-order valence-electron chi connectivity index (χ1n) is 7.16. The number of hydrogen-bond acceptors (Lipinski definition) is 5. The molecule has 1 rings (SSSR count). The molecule has 0 fully saturated rings. The van der Waals surface area contributed by atoms with E-state index in [1.165, 1.54) is 0 Å². The maximum absolute atomic E-state index is 12.3. The Hall–Kier alpha value is -1.36. The lowest BCUT2D eigenvalue weighted by atomic mass is 9.98. The van der Waals surface area contributed by atoms with Gasteiger partial charge < -0.3 is 15.4 Å². The molecule has 1 aliphatic rings. The van der Waals surface area contributed by atoms with Gasteiger partial charge in [0.1, 0.15) is 11.6 Å². The quantitative estimate of drug-likeness (QED) is 0.746. The van der Waals surface area contributed by atoms with Gasteiger partial charge in [0.25, 0.3) is 0 Å². The van der Waals surface area contributed by atoms with Crippen LogP contribution < -0.4 is 10.6 Å². The molecular weight excluding hydrogens is 256 g/mol. The topological polar surface area (TPSA) is 67.4 Å². The first-order chi connectivity index (χ1) is 9.23. The number of rotatable bonds is 5. The monoisotopic (exact) mass is 282 g/mol. The molecule has 2 atom stereocenters. The van der Waals surface area contributed by atoms with Crippen LogP contribution in [-0.2, 0) is 14.3 Å². The third kappa shape index (κ3) is 5.33. The van der Waals surface area contributed by atoms with Crippen LogP contribution in [0, 0.1) is 5.92 Å². The molecule has 5 nitrogen and oxygen atoms in total. The molecule has 1 aliphatic heterocycles. The minimum atomic E-state index is -0.514. The minimum Gasteiger partial charge on any atom is -0.458 e. The molecule has 1 heterocycles. The molecule has 0 spiro atoms. The zero-order valence-electron chi connectivity index (χ0n) is 13.1. The number of ketones is 1. The van der Waals surface area contributed by atoms with E-state index in [9.17, 15) is 9.59 Å². The highest BCUT2D eigenvalue weighted by atomic mass is 16.6. The molecule has 5 heteroatoms. The van der Waals surface area contributed by atoms with E-state index in [1.54, 1.807) is 6.08 Å². The Morgan fingerprint density at radius 3 is 2.60 bits per heavy atom. The summed E-state index contributed by atoms with van der Waals surface area (Å²) in [5.74, 6) is -0.126. The summed E-state index contributed by atoms with van der Waals surface area (Å²) in [6.07, 6.45) is 2.42. The Morgan fingerprint density at radius 2 is 2.10 bits per heavy atom. The maximum Gasteiger partial charge on any atom is 0.329 e. The summed E-state index contributed by atoms with van der Waals surface area (Å²) in [5, 5.41) is 6.16. The third-order valence-electron chi connectivity index (χ3n) is 3.16. The predicted molar refractivity (Wildman–Crippen MR) is 78.2 cm³/mol. The van der Waals surface area contributed by atoms with E-state index >= 15 is 0 Å². The molecule has 0 amide bonds. The summed E-state index contributed by atoms with van der Waals surface area (Å²) in [4.78, 5) is 23.7. The lowest BCUT2D eigenvalue weighted by Crippen LogP contribution is -2.47. The lowest BCUT2D eigenvalue weighted by Gasteiger charge is -2.29. The van der Waals surface area contributed by atoms with Crippen molar-refractivity contribution >= 4 is 11.8 Å². The van der Waals surface area contributed by atoms with Gasteiger partial charge in [-0.1, -0.05) is 20.3 Å². The van der Waals surface area contributed by atoms with Gasteiger partial charge in [0.05, 0.1) is 6.54 Å². The van der Waals surface area contributed by atoms with Gasteiger partial charge in [-0.05, 0) is 26.7 Å². The second kappa shape index (κ2) is 6.88. The third-order valence-corrected chi connectivity index (χ3v) is 3.16. The number of hydrogen-bond donors (Lipinski definition) is 2. The summed E-state index contributed by atoms with van der Waals surface area (Å²) in [5.41, 5.74) is 0.233. The highest BCUT2D eigenvalue weighted by Crippen LogP contribution is 2.16. The van der Waals surface area contributed by atoms with Crippen LogP contribution >= 0.6 is 0 Å². The molecule has 20 heavy (non-hydrogen) atoms. The van der Waals surface area contributed by atoms with E-state index in [2.05, 4.69) is 10.6 Å². The Morgan fingerprint density at radius 1 is 1.45 bits per heavy atom. The van der Waals surface area contributed by atoms with Gasteiger partial charge in [-0.2, -0.15) is 0 Å². The molecule has 0 saturated heterocycles. The molecular formula is C15H26N2O3. The van der Waals surface area contributed by atoms with Gasteiger partial charge >= 0.3 is 5.97 Å². The number of ether oxygens (including phenoxy) is 1. The van der Waals surface area contributed by atoms with E-state index < -0.39 is 11.6 Å². The van der Waals surface area contributed by atoms with Crippen LogP contribution in [-0.4, -0.2) is 36.5 Å². The van der Waals surface area contributed by atoms with Gasteiger partial charge in [-0.25, -0.2) is 4.79 Å². The van der Waals surface area contributed by atoms with Crippen molar-refractivity contribution in [2.75, 3.05) is 13.1 Å². The van der Waals surface area contributed by atoms with Crippen LogP contribution in [0.15, 0.2) is 11.8 Å². The molecule has 2 unspecified atom stereocenters. The van der Waals surface area contributed by atoms with E-state index in [0.29, 0.717) is 13.1 Å². The second-order valence-corrected chi connectivity index (χ2v) is 6.28. The molecule has 0 aromatic rings. The Labute approximate surface area is 121 Å². The van der Waals surface area contributed by atoms with Crippen molar-refractivity contribution < 1.29 is 14.3 Å². The fraction of sp³-hybridized carbons (Fsp3) is 0.733. The van der Waals surface area contributed by atoms with Crippen molar-refractivity contribution in [1.82, 2.24) is 10.6 Å². The van der Waals surface area contributed by atoms with Crippen molar-refractivity contribution in [3.8, 4) is 0 Å². The van der Waals surface area contributed by atoms with Crippen LogP contribution in [0.5, 0.6) is 0 Å². The van der Waals surface area contributed by atoms with Crippen molar-refractivity contribution in [2.24, 2.45) is 5.92 Å². The number of nitrogens with one attached hydrogen (secondary N) is 2. The van der Waals surface area contributed by atoms with Gasteiger partial charge in [-0.3, -0.25) is 4.79 Å². The van der Waals surface area contributed by atoms with Crippen molar-refractivity contribution in [3.63, 3.8) is 0 Å². The van der Waals surface area contributed by atoms with Crippen LogP contribution in [0.3, 0.4) is 0 Å². The van der Waals surface area contributed by atoms with E-state index in [0.717, 1.165) is 12.1 Å². The average Bonchev–Trinajstić information content (AvgIpc) is 2.33. The Bertz CT molecular complexity index is 396. The Kier molecular flexibility index (Phi) is 5.74. The van der Waals surface area contributed by atoms with Crippen molar-refractivity contribution in [1.29, 1.82) is 0 Å².